The van der Waals surface area contributed by atoms with Gasteiger partial charge in [0.2, 0.25) is 5.91 Å². The van der Waals surface area contributed by atoms with E-state index < -0.39 is 0 Å². The molecule has 3 heterocycles. The van der Waals surface area contributed by atoms with E-state index in [1.165, 1.54) is 5.56 Å². The molecule has 0 spiro atoms. The largest absolute Gasteiger partial charge is 0.491 e. The Hall–Kier alpha value is -3.96. The van der Waals surface area contributed by atoms with Gasteiger partial charge in [0.1, 0.15) is 18.1 Å². The van der Waals surface area contributed by atoms with Crippen LogP contribution in [0.3, 0.4) is 0 Å². The molecule has 1 N–H and O–H groups in total. The van der Waals surface area contributed by atoms with Gasteiger partial charge in [-0.15, -0.1) is 0 Å². The summed E-state index contributed by atoms with van der Waals surface area (Å²) in [7, 11) is 1.66. The van der Waals surface area contributed by atoms with Gasteiger partial charge in [-0.05, 0) is 104 Å². The molecule has 3 aliphatic heterocycles. The first kappa shape index (κ1) is 34.5. The quantitative estimate of drug-likeness (QED) is 0.209. The Morgan fingerprint density at radius 2 is 1.82 bits per heavy atom. The van der Waals surface area contributed by atoms with E-state index in [9.17, 15) is 9.59 Å². The van der Waals surface area contributed by atoms with Crippen LogP contribution in [0, 0.1) is 5.92 Å². The number of piperidine rings is 1. The molecule has 10 heteroatoms. The molecule has 50 heavy (non-hydrogen) atoms. The highest BCUT2D eigenvalue weighted by Crippen LogP contribution is 2.42. The van der Waals surface area contributed by atoms with Crippen LogP contribution in [0.25, 0.3) is 11.1 Å². The van der Waals surface area contributed by atoms with Crippen LogP contribution >= 0.6 is 0 Å². The second-order valence-corrected chi connectivity index (χ2v) is 13.6. The molecule has 7 rings (SSSR count). The van der Waals surface area contributed by atoms with Crippen molar-refractivity contribution < 1.29 is 33.3 Å². The van der Waals surface area contributed by atoms with Gasteiger partial charge in [0.25, 0.3) is 5.91 Å². The first-order valence-electron chi connectivity index (χ1n) is 18.3. The minimum atomic E-state index is -0.228. The van der Waals surface area contributed by atoms with Gasteiger partial charge in [0.05, 0.1) is 18.2 Å². The average Bonchev–Trinajstić information content (AvgIpc) is 4.00. The zero-order chi connectivity index (χ0) is 34.3. The number of hydrogen-bond acceptors (Lipinski definition) is 8. The number of hydrogen-bond donors (Lipinski definition) is 1. The maximum absolute atomic E-state index is 14.6. The molecule has 1 unspecified atom stereocenters. The molecule has 3 aromatic carbocycles. The molecule has 1 saturated carbocycles. The summed E-state index contributed by atoms with van der Waals surface area (Å²) in [5, 5.41) is 3.50. The summed E-state index contributed by atoms with van der Waals surface area (Å²) < 4.78 is 28.6. The van der Waals surface area contributed by atoms with Gasteiger partial charge in [-0.3, -0.25) is 9.59 Å². The summed E-state index contributed by atoms with van der Waals surface area (Å²) in [5.41, 5.74) is 4.86. The molecule has 266 valence electrons. The van der Waals surface area contributed by atoms with E-state index in [1.54, 1.807) is 12.0 Å². The molecular formula is C40H49N3O7. The van der Waals surface area contributed by atoms with Crippen molar-refractivity contribution in [3.05, 3.63) is 72.3 Å². The fourth-order valence-corrected chi connectivity index (χ4v) is 7.39. The highest BCUT2D eigenvalue weighted by molar-refractivity contribution is 6.01. The van der Waals surface area contributed by atoms with Crippen molar-refractivity contribution in [3.63, 3.8) is 0 Å². The lowest BCUT2D eigenvalue weighted by molar-refractivity contribution is -0.165. The lowest BCUT2D eigenvalue weighted by atomic mass is 9.79. The smallest absolute Gasteiger partial charge is 0.265 e. The normalized spacial score (nSPS) is 22.1. The number of amides is 2. The number of benzene rings is 3. The molecule has 3 atom stereocenters. The van der Waals surface area contributed by atoms with E-state index in [2.05, 4.69) is 41.7 Å². The van der Waals surface area contributed by atoms with Gasteiger partial charge < -0.3 is 38.8 Å². The lowest BCUT2D eigenvalue weighted by Crippen LogP contribution is -2.47. The Bertz CT molecular complexity index is 1620. The molecule has 10 nitrogen and oxygen atoms in total. The van der Waals surface area contributed by atoms with Crippen molar-refractivity contribution in [2.75, 3.05) is 69.6 Å². The molecule has 0 bridgehead atoms. The lowest BCUT2D eigenvalue weighted by Gasteiger charge is -2.36. The van der Waals surface area contributed by atoms with E-state index in [0.29, 0.717) is 45.1 Å². The topological polar surface area (TPSA) is 98.8 Å². The van der Waals surface area contributed by atoms with Crippen molar-refractivity contribution >= 4 is 23.2 Å². The molecule has 3 fully saturated rings. The minimum absolute atomic E-state index is 0.0155. The van der Waals surface area contributed by atoms with Crippen LogP contribution in [0.15, 0.2) is 66.7 Å². The van der Waals surface area contributed by atoms with Crippen LogP contribution in [0.2, 0.25) is 0 Å². The van der Waals surface area contributed by atoms with E-state index in [0.717, 1.165) is 79.9 Å². The third-order valence-electron chi connectivity index (χ3n) is 10.1. The van der Waals surface area contributed by atoms with E-state index >= 15 is 0 Å². The Morgan fingerprint density at radius 3 is 2.64 bits per heavy atom. The maximum atomic E-state index is 14.6. The van der Waals surface area contributed by atoms with Crippen molar-refractivity contribution in [2.24, 2.45) is 5.92 Å². The summed E-state index contributed by atoms with van der Waals surface area (Å²) in [6.07, 6.45) is 6.57. The summed E-state index contributed by atoms with van der Waals surface area (Å²) >= 11 is 0. The summed E-state index contributed by atoms with van der Waals surface area (Å²) in [6, 6.07) is 22.8. The fraction of sp³-hybridized carbons (Fsp3) is 0.500. The number of fused-ring (bicyclic) bond motifs is 1. The average molecular weight is 684 g/mol. The Morgan fingerprint density at radius 1 is 0.960 bits per heavy atom. The van der Waals surface area contributed by atoms with Gasteiger partial charge in [-0.1, -0.05) is 36.4 Å². The number of nitrogens with zero attached hydrogens (tertiary/aromatic N) is 2. The fourth-order valence-electron chi connectivity index (χ4n) is 7.39. The van der Waals surface area contributed by atoms with Crippen LogP contribution in [0.1, 0.15) is 56.4 Å². The van der Waals surface area contributed by atoms with Crippen LogP contribution in [-0.2, 0) is 23.8 Å². The predicted molar refractivity (Wildman–Crippen MR) is 192 cm³/mol. The zero-order valence-corrected chi connectivity index (χ0v) is 29.0. The second kappa shape index (κ2) is 16.4. The first-order chi connectivity index (χ1) is 24.6. The number of carbonyl (C=O) groups is 2. The van der Waals surface area contributed by atoms with Crippen LogP contribution < -0.4 is 24.6 Å². The van der Waals surface area contributed by atoms with Crippen LogP contribution in [0.4, 0.5) is 11.4 Å². The van der Waals surface area contributed by atoms with E-state index in [1.807, 2.05) is 35.2 Å². The highest BCUT2D eigenvalue weighted by Gasteiger charge is 2.41. The minimum Gasteiger partial charge on any atom is -0.491 e. The maximum Gasteiger partial charge on any atom is 0.265 e. The highest BCUT2D eigenvalue weighted by atomic mass is 16.7. The Kier molecular flexibility index (Phi) is 11.3. The van der Waals surface area contributed by atoms with Crippen LogP contribution in [-0.4, -0.2) is 83.9 Å². The number of methoxy groups -OCH3 is 1. The third kappa shape index (κ3) is 8.15. The molecule has 2 saturated heterocycles. The summed E-state index contributed by atoms with van der Waals surface area (Å²) in [4.78, 5) is 31.3. The zero-order valence-electron chi connectivity index (χ0n) is 29.0. The Labute approximate surface area is 295 Å². The van der Waals surface area contributed by atoms with Gasteiger partial charge in [0, 0.05) is 45.1 Å². The number of nitrogens with one attached hydrogen (secondary N) is 1. The van der Waals surface area contributed by atoms with E-state index in [4.69, 9.17) is 23.7 Å². The molecule has 2 amide bonds. The summed E-state index contributed by atoms with van der Waals surface area (Å²) in [6.45, 7) is 4.29. The third-order valence-corrected chi connectivity index (χ3v) is 10.1. The predicted octanol–water partition coefficient (Wildman–Crippen LogP) is 5.93. The molecule has 0 radical (unpaired) electrons. The SMILES string of the molecule is COCCCN1C(=O)COc2ccc(N(C(=O)[C@H]3CNCC[C@@H]3c3cccc(-c4cccc(OCCOC5CCCCO5)c4)c3)C3CC3)cc21. The Balaban J connectivity index is 1.07. The number of rotatable bonds is 14. The number of ether oxygens (including phenoxy) is 5. The van der Waals surface area contributed by atoms with Gasteiger partial charge >= 0.3 is 0 Å². The monoisotopic (exact) mass is 683 g/mol. The molecule has 0 aromatic heterocycles. The molecule has 1 aliphatic carbocycles. The van der Waals surface area contributed by atoms with Crippen LogP contribution in [0.5, 0.6) is 11.5 Å². The molecule has 3 aromatic rings. The molecule has 4 aliphatic rings. The van der Waals surface area contributed by atoms with Gasteiger partial charge in [-0.25, -0.2) is 0 Å². The number of anilines is 2. The van der Waals surface area contributed by atoms with Gasteiger partial charge in [0.15, 0.2) is 12.9 Å². The van der Waals surface area contributed by atoms with Crippen molar-refractivity contribution in [2.45, 2.75) is 63.2 Å². The van der Waals surface area contributed by atoms with Crippen molar-refractivity contribution in [3.8, 4) is 22.6 Å². The van der Waals surface area contributed by atoms with Crippen molar-refractivity contribution in [1.82, 2.24) is 5.32 Å². The number of carbonyl (C=O) groups excluding carboxylic acids is 2. The standard InChI is InChI=1S/C40H49N3O7/c1-46-19-6-18-42-36-25-32(14-15-37(36)50-27-38(42)44)43(31-12-13-31)40(45)35-26-41-17-16-34(35)30-9-4-7-28(23-30)29-8-5-10-33(24-29)47-21-22-49-39-11-2-3-20-48-39/h4-5,7-10,14-15,23-25,31,34-35,39,41H,2-3,6,11-13,16-22,26-27H2,1H3/t34-,35+,39?/m1/s1. The van der Waals surface area contributed by atoms with Crippen molar-refractivity contribution in [1.29, 1.82) is 0 Å². The second-order valence-electron chi connectivity index (χ2n) is 13.6. The first-order valence-corrected chi connectivity index (χ1v) is 18.3. The summed E-state index contributed by atoms with van der Waals surface area (Å²) in [5.74, 6) is 1.35. The van der Waals surface area contributed by atoms with E-state index in [-0.39, 0.29) is 42.6 Å². The molecular weight excluding hydrogens is 634 g/mol. The van der Waals surface area contributed by atoms with Gasteiger partial charge in [-0.2, -0.15) is 0 Å².